The molecule has 6 aromatic rings. The van der Waals surface area contributed by atoms with Crippen LogP contribution in [-0.4, -0.2) is 9.52 Å². The Labute approximate surface area is 371 Å². The first-order valence-electron chi connectivity index (χ1n) is 23.2. The summed E-state index contributed by atoms with van der Waals surface area (Å²) in [5.74, 6) is 2.03. The van der Waals surface area contributed by atoms with Crippen molar-refractivity contribution in [2.45, 2.75) is 100 Å². The van der Waals surface area contributed by atoms with Crippen LogP contribution in [0.15, 0.2) is 139 Å². The first-order chi connectivity index (χ1) is 29.3. The molecule has 9 rings (SSSR count). The molecule has 3 aliphatic rings. The molecule has 0 aromatic heterocycles. The van der Waals surface area contributed by atoms with Gasteiger partial charge in [0.25, 0.3) is 0 Å². The maximum atomic E-state index is 2.73. The number of allylic oxidation sites excluding steroid dienone is 2. The standard InChI is InChI=1S/2C23H27.C12H9Si.Zr/c2*1-5-16(3)19-14-18-10-9-13-22(23(18)15-19)21-12-8-7-11-20(21)17(4)6-2;1-3-7-11-9(5-1)10-6-2-4-8-12(10)13-11;/h2*7-17H,5-6H2,1-4H3;1-7H,13H2;. The molecule has 0 radical (unpaired) electrons. The predicted molar refractivity (Wildman–Crippen MR) is 261 cm³/mol. The van der Waals surface area contributed by atoms with Crippen LogP contribution in [-0.2, 0) is 21.8 Å². The molecule has 0 nitrogen and oxygen atoms in total. The van der Waals surface area contributed by atoms with Crippen LogP contribution in [0.2, 0.25) is 0 Å². The fourth-order valence-corrected chi connectivity index (χ4v) is 25.5. The summed E-state index contributed by atoms with van der Waals surface area (Å²) in [5.41, 5.74) is 21.4. The van der Waals surface area contributed by atoms with Crippen molar-refractivity contribution >= 4 is 35.3 Å². The molecule has 6 atom stereocenters. The molecule has 0 amide bonds. The normalized spacial score (nSPS) is 18.5. The van der Waals surface area contributed by atoms with Gasteiger partial charge in [-0.05, 0) is 0 Å². The molecule has 60 heavy (non-hydrogen) atoms. The predicted octanol–water partition coefficient (Wildman–Crippen LogP) is 13.8. The minimum atomic E-state index is -2.95. The van der Waals surface area contributed by atoms with Crippen LogP contribution in [0.4, 0.5) is 0 Å². The van der Waals surface area contributed by atoms with E-state index in [9.17, 15) is 0 Å². The van der Waals surface area contributed by atoms with E-state index in [0.717, 1.165) is 25.7 Å². The zero-order chi connectivity index (χ0) is 41.7. The summed E-state index contributed by atoms with van der Waals surface area (Å²) < 4.78 is 2.71. The SMILES string of the molecule is CCC(C)C1=Cc2c(-c3ccccc3C(C)CC)cccc2[CH]1[Zr]([c]1cccc2c1[SiH2]c1ccccc1-2)[CH]1C(C(C)CC)=Cc2c(-c3ccccc3C(C)CC)cccc21. The van der Waals surface area contributed by atoms with Crippen molar-refractivity contribution < 1.29 is 21.8 Å². The van der Waals surface area contributed by atoms with E-state index in [1.54, 1.807) is 41.5 Å². The molecule has 2 aliphatic carbocycles. The van der Waals surface area contributed by atoms with Gasteiger partial charge in [-0.3, -0.25) is 0 Å². The monoisotopic (exact) mass is 877 g/mol. The number of benzene rings is 6. The van der Waals surface area contributed by atoms with E-state index >= 15 is 0 Å². The topological polar surface area (TPSA) is 0 Å². The Balaban J connectivity index is 1.33. The molecule has 0 saturated carbocycles. The molecule has 0 fully saturated rings. The van der Waals surface area contributed by atoms with Crippen molar-refractivity contribution in [2.24, 2.45) is 11.8 Å². The summed E-state index contributed by atoms with van der Waals surface area (Å²) in [6.07, 6.45) is 10.1. The Morgan fingerprint density at radius 1 is 0.433 bits per heavy atom. The van der Waals surface area contributed by atoms with Gasteiger partial charge in [-0.1, -0.05) is 0 Å². The molecule has 0 saturated heterocycles. The van der Waals surface area contributed by atoms with Gasteiger partial charge in [0, 0.05) is 0 Å². The van der Waals surface area contributed by atoms with Crippen LogP contribution >= 0.6 is 0 Å². The van der Waals surface area contributed by atoms with E-state index in [4.69, 9.17) is 0 Å². The van der Waals surface area contributed by atoms with E-state index in [-0.39, 0.29) is 0 Å². The fourth-order valence-electron chi connectivity index (χ4n) is 11.0. The van der Waals surface area contributed by atoms with Gasteiger partial charge in [0.05, 0.1) is 0 Å². The van der Waals surface area contributed by atoms with Crippen LogP contribution in [0.3, 0.4) is 0 Å². The van der Waals surface area contributed by atoms with E-state index < -0.39 is 31.3 Å². The molecule has 303 valence electrons. The molecular formula is C58H63SiZr. The van der Waals surface area contributed by atoms with E-state index in [1.165, 1.54) is 50.1 Å². The molecule has 1 aliphatic heterocycles. The first kappa shape index (κ1) is 41.3. The summed E-state index contributed by atoms with van der Waals surface area (Å²) in [5, 5.41) is 3.39. The number of hydrogen-bond donors (Lipinski definition) is 0. The molecule has 0 spiro atoms. The van der Waals surface area contributed by atoms with E-state index in [2.05, 4.69) is 195 Å². The Hall–Kier alpha value is -4.10. The van der Waals surface area contributed by atoms with Gasteiger partial charge >= 0.3 is 374 Å². The van der Waals surface area contributed by atoms with Gasteiger partial charge in [-0.25, -0.2) is 0 Å². The number of fused-ring (bicyclic) bond motifs is 5. The second kappa shape index (κ2) is 17.3. The van der Waals surface area contributed by atoms with Gasteiger partial charge in [-0.15, -0.1) is 0 Å². The van der Waals surface area contributed by atoms with Crippen molar-refractivity contribution in [1.82, 2.24) is 0 Å². The third kappa shape index (κ3) is 6.99. The zero-order valence-electron chi connectivity index (χ0n) is 37.3. The Morgan fingerprint density at radius 2 is 0.850 bits per heavy atom. The van der Waals surface area contributed by atoms with Gasteiger partial charge < -0.3 is 0 Å². The molecule has 6 aromatic carbocycles. The third-order valence-corrected chi connectivity index (χ3v) is 27.0. The van der Waals surface area contributed by atoms with E-state index in [0.29, 0.717) is 30.9 Å². The van der Waals surface area contributed by atoms with Crippen molar-refractivity contribution in [2.75, 3.05) is 0 Å². The van der Waals surface area contributed by atoms with Crippen molar-refractivity contribution in [1.29, 1.82) is 0 Å². The minimum absolute atomic E-state index is 0.455. The number of hydrogen-bond acceptors (Lipinski definition) is 0. The second-order valence-electron chi connectivity index (χ2n) is 18.3. The molecule has 6 unspecified atom stereocenters. The van der Waals surface area contributed by atoms with Gasteiger partial charge in [-0.2, -0.15) is 0 Å². The van der Waals surface area contributed by atoms with Crippen molar-refractivity contribution in [3.8, 4) is 33.4 Å². The Morgan fingerprint density at radius 3 is 1.35 bits per heavy atom. The molecule has 0 bridgehead atoms. The quantitative estimate of drug-likeness (QED) is 0.101. The van der Waals surface area contributed by atoms with Crippen LogP contribution in [0.5, 0.6) is 0 Å². The van der Waals surface area contributed by atoms with E-state index in [1.807, 2.05) is 0 Å². The molecule has 0 N–H and O–H groups in total. The first-order valence-corrected chi connectivity index (χ1v) is 28.7. The Bertz CT molecular complexity index is 2490. The van der Waals surface area contributed by atoms with Gasteiger partial charge in [0.2, 0.25) is 0 Å². The van der Waals surface area contributed by atoms with Crippen molar-refractivity contribution in [3.63, 3.8) is 0 Å². The second-order valence-corrected chi connectivity index (χ2v) is 26.5. The summed E-state index contributed by atoms with van der Waals surface area (Å²) >= 11 is -2.95. The molecule has 1 heterocycles. The average Bonchev–Trinajstić information content (AvgIpc) is 4.01. The Kier molecular flexibility index (Phi) is 11.9. The van der Waals surface area contributed by atoms with Crippen LogP contribution in [0.1, 0.15) is 134 Å². The van der Waals surface area contributed by atoms with Crippen LogP contribution in [0.25, 0.3) is 45.5 Å². The molecule has 2 heteroatoms. The fraction of sp³-hybridized carbons (Fsp3) is 0.310. The van der Waals surface area contributed by atoms with Crippen LogP contribution in [0, 0.1) is 11.8 Å². The third-order valence-electron chi connectivity index (χ3n) is 15.1. The molecular weight excluding hydrogens is 816 g/mol. The van der Waals surface area contributed by atoms with Crippen LogP contribution < -0.4 is 13.6 Å². The summed E-state index contributed by atoms with van der Waals surface area (Å²) in [6.45, 7) is 19.4. The zero-order valence-corrected chi connectivity index (χ0v) is 41.2. The summed E-state index contributed by atoms with van der Waals surface area (Å²) in [7, 11) is -0.643. The van der Waals surface area contributed by atoms with Gasteiger partial charge in [0.1, 0.15) is 0 Å². The summed E-state index contributed by atoms with van der Waals surface area (Å²) in [4.78, 5) is 0. The summed E-state index contributed by atoms with van der Waals surface area (Å²) in [6, 6.07) is 50.4. The maximum absolute atomic E-state index is 2.95. The van der Waals surface area contributed by atoms with Gasteiger partial charge in [0.15, 0.2) is 0 Å². The number of rotatable bonds is 13. The average molecular weight is 879 g/mol. The van der Waals surface area contributed by atoms with Crippen molar-refractivity contribution in [3.05, 3.63) is 172 Å².